The van der Waals surface area contributed by atoms with E-state index in [0.29, 0.717) is 33.9 Å². The monoisotopic (exact) mass is 381 g/mol. The van der Waals surface area contributed by atoms with Crippen molar-refractivity contribution in [2.24, 2.45) is 0 Å². The highest BCUT2D eigenvalue weighted by Gasteiger charge is 2.15. The molecule has 0 radical (unpaired) electrons. The smallest absolute Gasteiger partial charge is 0.259 e. The molecule has 0 saturated heterocycles. The Morgan fingerprint density at radius 3 is 2.81 bits per heavy atom. The number of carbonyl (C=O) groups is 1. The highest BCUT2D eigenvalue weighted by Crippen LogP contribution is 2.30. The summed E-state index contributed by atoms with van der Waals surface area (Å²) in [5.41, 5.74) is 2.28. The van der Waals surface area contributed by atoms with Gasteiger partial charge in [0.1, 0.15) is 11.6 Å². The van der Waals surface area contributed by atoms with Crippen LogP contribution in [0.25, 0.3) is 21.1 Å². The quantitative estimate of drug-likeness (QED) is 0.544. The average molecular weight is 381 g/mol. The summed E-state index contributed by atoms with van der Waals surface area (Å²) in [5.74, 6) is 0.121. The molecule has 0 atom stereocenters. The lowest BCUT2D eigenvalue weighted by Crippen LogP contribution is -2.14. The van der Waals surface area contributed by atoms with E-state index in [-0.39, 0.29) is 11.7 Å². The summed E-state index contributed by atoms with van der Waals surface area (Å²) >= 11 is 1.38. The molecular weight excluding hydrogens is 365 g/mol. The zero-order valence-electron chi connectivity index (χ0n) is 14.7. The van der Waals surface area contributed by atoms with Gasteiger partial charge in [0.2, 0.25) is 0 Å². The van der Waals surface area contributed by atoms with Gasteiger partial charge in [-0.3, -0.25) is 15.1 Å². The van der Waals surface area contributed by atoms with Crippen LogP contribution in [0.2, 0.25) is 0 Å². The SMILES string of the molecule is CCOc1ccc2nc(NC(=O)c3cc4ccc(F)cc4nc3C)sc2c1. The molecule has 0 fully saturated rings. The molecule has 0 unspecified atom stereocenters. The van der Waals surface area contributed by atoms with E-state index in [1.807, 2.05) is 25.1 Å². The Kier molecular flexibility index (Phi) is 4.45. The number of rotatable bonds is 4. The summed E-state index contributed by atoms with van der Waals surface area (Å²) in [7, 11) is 0. The van der Waals surface area contributed by atoms with Crippen molar-refractivity contribution < 1.29 is 13.9 Å². The Hall–Kier alpha value is -3.06. The topological polar surface area (TPSA) is 64.1 Å². The number of hydrogen-bond donors (Lipinski definition) is 1. The Bertz CT molecular complexity index is 1170. The van der Waals surface area contributed by atoms with Gasteiger partial charge in [0, 0.05) is 11.5 Å². The van der Waals surface area contributed by atoms with Crippen LogP contribution in [0.4, 0.5) is 9.52 Å². The van der Waals surface area contributed by atoms with Crippen molar-refractivity contribution in [3.05, 3.63) is 59.5 Å². The number of benzene rings is 2. The number of aromatic nitrogens is 2. The fraction of sp³-hybridized carbons (Fsp3) is 0.150. The molecule has 0 spiro atoms. The Morgan fingerprint density at radius 1 is 1.15 bits per heavy atom. The van der Waals surface area contributed by atoms with Gasteiger partial charge >= 0.3 is 0 Å². The van der Waals surface area contributed by atoms with Gasteiger partial charge in [-0.2, -0.15) is 0 Å². The molecule has 4 aromatic rings. The van der Waals surface area contributed by atoms with E-state index < -0.39 is 0 Å². The van der Waals surface area contributed by atoms with Crippen LogP contribution in [0.15, 0.2) is 42.5 Å². The van der Waals surface area contributed by atoms with Crippen LogP contribution in [-0.4, -0.2) is 22.5 Å². The third kappa shape index (κ3) is 3.46. The van der Waals surface area contributed by atoms with E-state index in [0.717, 1.165) is 16.0 Å². The molecule has 0 saturated carbocycles. The van der Waals surface area contributed by atoms with Crippen LogP contribution >= 0.6 is 11.3 Å². The van der Waals surface area contributed by atoms with E-state index in [1.54, 1.807) is 19.1 Å². The van der Waals surface area contributed by atoms with Crippen LogP contribution in [0.5, 0.6) is 5.75 Å². The molecule has 2 aromatic heterocycles. The van der Waals surface area contributed by atoms with Crippen LogP contribution < -0.4 is 10.1 Å². The maximum absolute atomic E-state index is 13.4. The van der Waals surface area contributed by atoms with Gasteiger partial charge in [0.25, 0.3) is 5.91 Å². The predicted molar refractivity (Wildman–Crippen MR) is 105 cm³/mol. The lowest BCUT2D eigenvalue weighted by Gasteiger charge is -2.07. The first-order chi connectivity index (χ1) is 13.0. The second-order valence-corrected chi connectivity index (χ2v) is 7.02. The summed E-state index contributed by atoms with van der Waals surface area (Å²) in [5, 5.41) is 4.04. The minimum Gasteiger partial charge on any atom is -0.494 e. The van der Waals surface area contributed by atoms with E-state index in [2.05, 4.69) is 15.3 Å². The molecule has 27 heavy (non-hydrogen) atoms. The van der Waals surface area contributed by atoms with Crippen LogP contribution in [0, 0.1) is 12.7 Å². The number of anilines is 1. The third-order valence-electron chi connectivity index (χ3n) is 4.11. The molecule has 2 heterocycles. The van der Waals surface area contributed by atoms with Gasteiger partial charge < -0.3 is 4.74 Å². The summed E-state index contributed by atoms with van der Waals surface area (Å²) < 4.78 is 19.8. The second kappa shape index (κ2) is 6.92. The minimum atomic E-state index is -0.354. The third-order valence-corrected chi connectivity index (χ3v) is 5.04. The number of aryl methyl sites for hydroxylation is 1. The van der Waals surface area contributed by atoms with Gasteiger partial charge in [0.05, 0.1) is 33.6 Å². The number of nitrogens with zero attached hydrogens (tertiary/aromatic N) is 2. The van der Waals surface area contributed by atoms with Gasteiger partial charge in [-0.15, -0.1) is 0 Å². The first-order valence-corrected chi connectivity index (χ1v) is 9.27. The van der Waals surface area contributed by atoms with Crippen LogP contribution in [0.1, 0.15) is 23.0 Å². The average Bonchev–Trinajstić information content (AvgIpc) is 3.02. The van der Waals surface area contributed by atoms with E-state index in [1.165, 1.54) is 23.5 Å². The molecule has 1 amide bonds. The van der Waals surface area contributed by atoms with Crippen molar-refractivity contribution in [3.8, 4) is 5.75 Å². The van der Waals surface area contributed by atoms with Gasteiger partial charge in [-0.1, -0.05) is 11.3 Å². The molecule has 0 aliphatic carbocycles. The first-order valence-electron chi connectivity index (χ1n) is 8.45. The number of pyridine rings is 1. The standard InChI is InChI=1S/C20H16FN3O2S/c1-3-26-14-6-7-16-18(10-14)27-20(23-16)24-19(25)15-8-12-4-5-13(21)9-17(12)22-11(15)2/h4-10H,3H2,1-2H3,(H,23,24,25). The number of fused-ring (bicyclic) bond motifs is 2. The van der Waals surface area contributed by atoms with Crippen molar-refractivity contribution in [1.82, 2.24) is 9.97 Å². The molecule has 0 aliphatic rings. The van der Waals surface area contributed by atoms with Crippen molar-refractivity contribution in [2.75, 3.05) is 11.9 Å². The summed E-state index contributed by atoms with van der Waals surface area (Å²) in [6.45, 7) is 4.24. The van der Waals surface area contributed by atoms with Gasteiger partial charge in [-0.25, -0.2) is 9.37 Å². The lowest BCUT2D eigenvalue weighted by atomic mass is 10.1. The van der Waals surface area contributed by atoms with Crippen molar-refractivity contribution in [2.45, 2.75) is 13.8 Å². The predicted octanol–water partition coefficient (Wildman–Crippen LogP) is 4.94. The minimum absolute atomic E-state index is 0.296. The lowest BCUT2D eigenvalue weighted by molar-refractivity contribution is 0.102. The number of ether oxygens (including phenoxy) is 1. The van der Waals surface area contributed by atoms with Crippen molar-refractivity contribution >= 4 is 43.5 Å². The van der Waals surface area contributed by atoms with E-state index >= 15 is 0 Å². The van der Waals surface area contributed by atoms with Gasteiger partial charge in [-0.05, 0) is 50.2 Å². The zero-order valence-corrected chi connectivity index (χ0v) is 15.6. The Balaban J connectivity index is 1.63. The summed E-state index contributed by atoms with van der Waals surface area (Å²) in [6.07, 6.45) is 0. The number of amides is 1. The normalized spacial score (nSPS) is 11.1. The zero-order chi connectivity index (χ0) is 19.0. The Morgan fingerprint density at radius 2 is 2.00 bits per heavy atom. The molecule has 5 nitrogen and oxygen atoms in total. The van der Waals surface area contributed by atoms with E-state index in [9.17, 15) is 9.18 Å². The molecular formula is C20H16FN3O2S. The number of hydrogen-bond acceptors (Lipinski definition) is 5. The summed E-state index contributed by atoms with van der Waals surface area (Å²) in [6, 6.07) is 11.7. The summed E-state index contributed by atoms with van der Waals surface area (Å²) in [4.78, 5) is 21.5. The van der Waals surface area contributed by atoms with Crippen LogP contribution in [-0.2, 0) is 0 Å². The maximum atomic E-state index is 13.4. The molecule has 0 aliphatic heterocycles. The largest absolute Gasteiger partial charge is 0.494 e. The fourth-order valence-electron chi connectivity index (χ4n) is 2.85. The number of thiazole rings is 1. The van der Waals surface area contributed by atoms with Crippen molar-refractivity contribution in [3.63, 3.8) is 0 Å². The number of nitrogens with one attached hydrogen (secondary N) is 1. The number of halogens is 1. The van der Waals surface area contributed by atoms with E-state index in [4.69, 9.17) is 4.74 Å². The highest BCUT2D eigenvalue weighted by molar-refractivity contribution is 7.22. The molecule has 4 rings (SSSR count). The molecule has 2 aromatic carbocycles. The molecule has 0 bridgehead atoms. The molecule has 7 heteroatoms. The molecule has 1 N–H and O–H groups in total. The highest BCUT2D eigenvalue weighted by atomic mass is 32.1. The van der Waals surface area contributed by atoms with Gasteiger partial charge in [0.15, 0.2) is 5.13 Å². The maximum Gasteiger partial charge on any atom is 0.259 e. The molecule has 136 valence electrons. The van der Waals surface area contributed by atoms with Crippen molar-refractivity contribution in [1.29, 1.82) is 0 Å². The van der Waals surface area contributed by atoms with Crippen LogP contribution in [0.3, 0.4) is 0 Å². The number of carbonyl (C=O) groups excluding carboxylic acids is 1. The first kappa shape index (κ1) is 17.4. The second-order valence-electron chi connectivity index (χ2n) is 5.99. The Labute approximate surface area is 158 Å². The fourth-order valence-corrected chi connectivity index (χ4v) is 3.74.